The fraction of sp³-hybridized carbons (Fsp3) is 0.231. The Kier molecular flexibility index (Phi) is 4.06. The van der Waals surface area contributed by atoms with E-state index in [1.54, 1.807) is 29.0 Å². The van der Waals surface area contributed by atoms with Crippen molar-refractivity contribution in [1.82, 2.24) is 9.55 Å². The van der Waals surface area contributed by atoms with Crippen molar-refractivity contribution in [2.24, 2.45) is 0 Å². The lowest BCUT2D eigenvalue weighted by atomic mass is 10.3. The molecule has 0 saturated carbocycles. The maximum Gasteiger partial charge on any atom is 0.313 e. The fourth-order valence-electron chi connectivity index (χ4n) is 1.60. The molecule has 1 aromatic heterocycles. The van der Waals surface area contributed by atoms with E-state index in [9.17, 15) is 4.79 Å². The van der Waals surface area contributed by atoms with Crippen LogP contribution in [0.2, 0.25) is 5.02 Å². The van der Waals surface area contributed by atoms with Gasteiger partial charge < -0.3 is 15.0 Å². The highest BCUT2D eigenvalue weighted by molar-refractivity contribution is 6.33. The van der Waals surface area contributed by atoms with Gasteiger partial charge in [0.15, 0.2) is 0 Å². The van der Waals surface area contributed by atoms with Crippen LogP contribution in [0.1, 0.15) is 13.3 Å². The van der Waals surface area contributed by atoms with Gasteiger partial charge in [0.2, 0.25) is 0 Å². The van der Waals surface area contributed by atoms with Crippen molar-refractivity contribution in [2.75, 3.05) is 5.73 Å². The Balaban J connectivity index is 2.30. The molecule has 6 heteroatoms. The van der Waals surface area contributed by atoms with E-state index in [0.717, 1.165) is 6.42 Å². The molecule has 0 aliphatic heterocycles. The van der Waals surface area contributed by atoms with Crippen molar-refractivity contribution < 1.29 is 4.74 Å². The molecule has 19 heavy (non-hydrogen) atoms. The van der Waals surface area contributed by atoms with Crippen LogP contribution in [0.5, 0.6) is 11.6 Å². The first-order chi connectivity index (χ1) is 9.11. The van der Waals surface area contributed by atoms with Gasteiger partial charge in [-0.2, -0.15) is 0 Å². The molecule has 2 rings (SSSR count). The zero-order valence-corrected chi connectivity index (χ0v) is 11.2. The molecule has 0 aliphatic rings. The summed E-state index contributed by atoms with van der Waals surface area (Å²) in [6, 6.07) is 4.81. The molecule has 2 N–H and O–H groups in total. The van der Waals surface area contributed by atoms with Gasteiger partial charge in [0.1, 0.15) is 5.75 Å². The molecule has 0 saturated heterocycles. The molecular weight excluding hydrogens is 266 g/mol. The standard InChI is InChI=1S/C13H14ClN3O2/c1-2-6-17-7-5-16-12(13(17)18)19-9-3-4-11(15)10(14)8-9/h3-5,7-8H,2,6,15H2,1H3. The van der Waals surface area contributed by atoms with Crippen molar-refractivity contribution in [3.63, 3.8) is 0 Å². The lowest BCUT2D eigenvalue weighted by Gasteiger charge is -2.08. The van der Waals surface area contributed by atoms with Crippen molar-refractivity contribution in [3.05, 3.63) is 46.0 Å². The Morgan fingerprint density at radius 2 is 2.26 bits per heavy atom. The Hall–Kier alpha value is -2.01. The molecule has 0 bridgehead atoms. The van der Waals surface area contributed by atoms with Crippen LogP contribution in [-0.4, -0.2) is 9.55 Å². The minimum absolute atomic E-state index is 0.0248. The predicted octanol–water partition coefficient (Wildman–Crippen LogP) is 2.68. The van der Waals surface area contributed by atoms with Gasteiger partial charge in [-0.15, -0.1) is 0 Å². The van der Waals surface area contributed by atoms with E-state index in [4.69, 9.17) is 22.1 Å². The average Bonchev–Trinajstić information content (AvgIpc) is 2.39. The van der Waals surface area contributed by atoms with Gasteiger partial charge in [-0.05, 0) is 18.6 Å². The first-order valence-electron chi connectivity index (χ1n) is 5.90. The average molecular weight is 280 g/mol. The summed E-state index contributed by atoms with van der Waals surface area (Å²) in [5, 5.41) is 0.377. The second-order valence-corrected chi connectivity index (χ2v) is 4.42. The van der Waals surface area contributed by atoms with Crippen LogP contribution in [-0.2, 0) is 6.54 Å². The number of nitrogens with zero attached hydrogens (tertiary/aromatic N) is 2. The SMILES string of the molecule is CCCn1ccnc(Oc2ccc(N)c(Cl)c2)c1=O. The topological polar surface area (TPSA) is 70.1 Å². The Morgan fingerprint density at radius 3 is 2.95 bits per heavy atom. The number of ether oxygens (including phenoxy) is 1. The molecule has 0 unspecified atom stereocenters. The summed E-state index contributed by atoms with van der Waals surface area (Å²) in [6.07, 6.45) is 4.02. The highest BCUT2D eigenvalue weighted by Gasteiger charge is 2.08. The summed E-state index contributed by atoms with van der Waals surface area (Å²) in [4.78, 5) is 16.0. The number of aryl methyl sites for hydroxylation is 1. The lowest BCUT2D eigenvalue weighted by Crippen LogP contribution is -2.21. The largest absolute Gasteiger partial charge is 0.435 e. The summed E-state index contributed by atoms with van der Waals surface area (Å²) in [5.41, 5.74) is 5.80. The first kappa shape index (κ1) is 13.4. The summed E-state index contributed by atoms with van der Waals surface area (Å²) in [5.74, 6) is 0.454. The molecule has 0 aliphatic carbocycles. The summed E-state index contributed by atoms with van der Waals surface area (Å²) < 4.78 is 7.00. The van der Waals surface area contributed by atoms with Crippen molar-refractivity contribution in [3.8, 4) is 11.6 Å². The molecule has 0 spiro atoms. The van der Waals surface area contributed by atoms with Crippen molar-refractivity contribution in [1.29, 1.82) is 0 Å². The smallest absolute Gasteiger partial charge is 0.313 e. The van der Waals surface area contributed by atoms with E-state index in [1.807, 2.05) is 6.92 Å². The van der Waals surface area contributed by atoms with Crippen LogP contribution in [0, 0.1) is 0 Å². The van der Waals surface area contributed by atoms with Gasteiger partial charge >= 0.3 is 5.56 Å². The van der Waals surface area contributed by atoms with Crippen LogP contribution in [0.3, 0.4) is 0 Å². The second kappa shape index (κ2) is 5.75. The van der Waals surface area contributed by atoms with Crippen molar-refractivity contribution in [2.45, 2.75) is 19.9 Å². The minimum Gasteiger partial charge on any atom is -0.435 e. The zero-order chi connectivity index (χ0) is 13.8. The second-order valence-electron chi connectivity index (χ2n) is 4.02. The van der Waals surface area contributed by atoms with Crippen LogP contribution >= 0.6 is 11.6 Å². The highest BCUT2D eigenvalue weighted by atomic mass is 35.5. The maximum absolute atomic E-state index is 12.0. The molecule has 2 aromatic rings. The summed E-state index contributed by atoms with van der Waals surface area (Å²) in [6.45, 7) is 2.62. The molecule has 100 valence electrons. The number of benzene rings is 1. The normalized spacial score (nSPS) is 10.4. The number of halogens is 1. The highest BCUT2D eigenvalue weighted by Crippen LogP contribution is 2.26. The number of nitrogens with two attached hydrogens (primary N) is 1. The van der Waals surface area contributed by atoms with Crippen LogP contribution in [0.25, 0.3) is 0 Å². The number of rotatable bonds is 4. The summed E-state index contributed by atoms with van der Waals surface area (Å²) >= 11 is 5.89. The quantitative estimate of drug-likeness (QED) is 0.874. The number of aromatic nitrogens is 2. The van der Waals surface area contributed by atoms with E-state index in [2.05, 4.69) is 4.98 Å². The maximum atomic E-state index is 12.0. The third-order valence-corrected chi connectivity index (χ3v) is 2.86. The zero-order valence-electron chi connectivity index (χ0n) is 10.5. The third-order valence-electron chi connectivity index (χ3n) is 2.53. The number of nitrogen functional groups attached to an aromatic ring is 1. The molecule has 0 atom stereocenters. The fourth-order valence-corrected chi connectivity index (χ4v) is 1.77. The minimum atomic E-state index is -0.266. The number of anilines is 1. The van der Waals surface area contributed by atoms with Crippen LogP contribution < -0.4 is 16.0 Å². The molecule has 0 amide bonds. The van der Waals surface area contributed by atoms with E-state index in [-0.39, 0.29) is 11.4 Å². The van der Waals surface area contributed by atoms with Gasteiger partial charge in [-0.25, -0.2) is 4.98 Å². The van der Waals surface area contributed by atoms with Gasteiger partial charge in [0.05, 0.1) is 10.7 Å². The van der Waals surface area contributed by atoms with Gasteiger partial charge in [0.25, 0.3) is 5.88 Å². The van der Waals surface area contributed by atoms with Gasteiger partial charge in [0, 0.05) is 25.0 Å². The number of hydrogen-bond donors (Lipinski definition) is 1. The molecule has 0 radical (unpaired) electrons. The molecule has 1 aromatic carbocycles. The van der Waals surface area contributed by atoms with E-state index >= 15 is 0 Å². The molecule has 0 fully saturated rings. The Bertz CT molecular complexity index is 640. The summed E-state index contributed by atoms with van der Waals surface area (Å²) in [7, 11) is 0. The van der Waals surface area contributed by atoms with Gasteiger partial charge in [-0.1, -0.05) is 18.5 Å². The molecular formula is C13H14ClN3O2. The third kappa shape index (κ3) is 3.06. The van der Waals surface area contributed by atoms with E-state index < -0.39 is 0 Å². The predicted molar refractivity (Wildman–Crippen MR) is 74.7 cm³/mol. The van der Waals surface area contributed by atoms with E-state index in [1.165, 1.54) is 6.20 Å². The van der Waals surface area contributed by atoms with Crippen LogP contribution in [0.15, 0.2) is 35.4 Å². The first-order valence-corrected chi connectivity index (χ1v) is 6.28. The monoisotopic (exact) mass is 279 g/mol. The Labute approximate surface area is 115 Å². The van der Waals surface area contributed by atoms with Gasteiger partial charge in [-0.3, -0.25) is 4.79 Å². The van der Waals surface area contributed by atoms with E-state index in [0.29, 0.717) is 23.0 Å². The number of hydrogen-bond acceptors (Lipinski definition) is 4. The Morgan fingerprint density at radius 1 is 1.47 bits per heavy atom. The van der Waals surface area contributed by atoms with Crippen molar-refractivity contribution >= 4 is 17.3 Å². The molecule has 5 nitrogen and oxygen atoms in total. The lowest BCUT2D eigenvalue weighted by molar-refractivity contribution is 0.443. The molecule has 1 heterocycles. The van der Waals surface area contributed by atoms with Crippen LogP contribution in [0.4, 0.5) is 5.69 Å².